The van der Waals surface area contributed by atoms with Crippen LogP contribution in [0.2, 0.25) is 0 Å². The van der Waals surface area contributed by atoms with E-state index in [0.29, 0.717) is 6.42 Å². The molecule has 0 unspecified atom stereocenters. The average Bonchev–Trinajstić information content (AvgIpc) is 2.52. The summed E-state index contributed by atoms with van der Waals surface area (Å²) in [5, 5.41) is 2.62. The maximum atomic E-state index is 13.4. The van der Waals surface area contributed by atoms with Crippen molar-refractivity contribution < 1.29 is 18.3 Å². The number of para-hydroxylation sites is 1. The molecule has 0 heterocycles. The molecular formula is C17H17F2NO2. The first-order valence-electron chi connectivity index (χ1n) is 6.92. The summed E-state index contributed by atoms with van der Waals surface area (Å²) in [5.74, 6) is -0.761. The van der Waals surface area contributed by atoms with E-state index < -0.39 is 11.6 Å². The SMILES string of the molecule is COc1ccccc1CCC(=O)NCc1ccc(F)cc1F. The fraction of sp³-hybridized carbons (Fsp3) is 0.235. The van der Waals surface area contributed by atoms with Crippen LogP contribution in [0, 0.1) is 11.6 Å². The Morgan fingerprint density at radius 3 is 2.64 bits per heavy atom. The second-order valence-electron chi connectivity index (χ2n) is 4.82. The van der Waals surface area contributed by atoms with Crippen molar-refractivity contribution >= 4 is 5.91 Å². The topological polar surface area (TPSA) is 38.3 Å². The largest absolute Gasteiger partial charge is 0.496 e. The van der Waals surface area contributed by atoms with Crippen molar-refractivity contribution in [1.82, 2.24) is 5.32 Å². The van der Waals surface area contributed by atoms with Crippen LogP contribution in [0.5, 0.6) is 5.75 Å². The fourth-order valence-corrected chi connectivity index (χ4v) is 2.10. The Kier molecular flexibility index (Phi) is 5.47. The van der Waals surface area contributed by atoms with Crippen molar-refractivity contribution in [3.05, 3.63) is 65.2 Å². The summed E-state index contributed by atoms with van der Waals surface area (Å²) in [5.41, 5.74) is 1.19. The Bertz CT molecular complexity index is 659. The minimum atomic E-state index is -0.662. The minimum Gasteiger partial charge on any atom is -0.496 e. The van der Waals surface area contributed by atoms with Crippen LogP contribution in [0.4, 0.5) is 8.78 Å². The van der Waals surface area contributed by atoms with E-state index in [2.05, 4.69) is 5.32 Å². The van der Waals surface area contributed by atoms with Gasteiger partial charge < -0.3 is 10.1 Å². The van der Waals surface area contributed by atoms with Crippen LogP contribution in [-0.2, 0) is 17.8 Å². The monoisotopic (exact) mass is 305 g/mol. The lowest BCUT2D eigenvalue weighted by atomic mass is 10.1. The fourth-order valence-electron chi connectivity index (χ4n) is 2.10. The maximum absolute atomic E-state index is 13.4. The lowest BCUT2D eigenvalue weighted by molar-refractivity contribution is -0.121. The number of amides is 1. The number of benzene rings is 2. The molecule has 0 aliphatic rings. The third-order valence-corrected chi connectivity index (χ3v) is 3.31. The van der Waals surface area contributed by atoms with Crippen molar-refractivity contribution in [1.29, 1.82) is 0 Å². The van der Waals surface area contributed by atoms with Gasteiger partial charge in [-0.1, -0.05) is 24.3 Å². The molecule has 0 atom stereocenters. The molecule has 0 radical (unpaired) electrons. The van der Waals surface area contributed by atoms with Gasteiger partial charge in [0.1, 0.15) is 17.4 Å². The number of halogens is 2. The predicted octanol–water partition coefficient (Wildman–Crippen LogP) is 3.22. The highest BCUT2D eigenvalue weighted by Gasteiger charge is 2.08. The minimum absolute atomic E-state index is 0.0386. The van der Waals surface area contributed by atoms with E-state index in [1.807, 2.05) is 24.3 Å². The van der Waals surface area contributed by atoms with Crippen molar-refractivity contribution in [3.63, 3.8) is 0 Å². The summed E-state index contributed by atoms with van der Waals surface area (Å²) < 4.78 is 31.4. The molecule has 1 amide bonds. The Hall–Kier alpha value is -2.43. The van der Waals surface area contributed by atoms with Gasteiger partial charge in [-0.2, -0.15) is 0 Å². The second kappa shape index (κ2) is 7.54. The highest BCUT2D eigenvalue weighted by Crippen LogP contribution is 2.18. The number of nitrogens with one attached hydrogen (secondary N) is 1. The van der Waals surface area contributed by atoms with Crippen LogP contribution in [0.25, 0.3) is 0 Å². The molecule has 0 saturated carbocycles. The summed E-state index contributed by atoms with van der Waals surface area (Å²) in [4.78, 5) is 11.8. The number of carbonyl (C=O) groups is 1. The van der Waals surface area contributed by atoms with Gasteiger partial charge in [-0.05, 0) is 24.1 Å². The lowest BCUT2D eigenvalue weighted by Crippen LogP contribution is -2.23. The molecule has 116 valence electrons. The van der Waals surface area contributed by atoms with Crippen molar-refractivity contribution in [2.24, 2.45) is 0 Å². The molecule has 22 heavy (non-hydrogen) atoms. The van der Waals surface area contributed by atoms with E-state index in [0.717, 1.165) is 17.4 Å². The van der Waals surface area contributed by atoms with Gasteiger partial charge in [-0.25, -0.2) is 8.78 Å². The van der Waals surface area contributed by atoms with Crippen LogP contribution < -0.4 is 10.1 Å². The first kappa shape index (κ1) is 15.9. The van der Waals surface area contributed by atoms with Gasteiger partial charge in [-0.3, -0.25) is 4.79 Å². The van der Waals surface area contributed by atoms with Gasteiger partial charge >= 0.3 is 0 Å². The molecule has 0 bridgehead atoms. The predicted molar refractivity (Wildman–Crippen MR) is 79.5 cm³/mol. The zero-order chi connectivity index (χ0) is 15.9. The van der Waals surface area contributed by atoms with Crippen LogP contribution in [0.3, 0.4) is 0 Å². The summed E-state index contributed by atoms with van der Waals surface area (Å²) >= 11 is 0. The van der Waals surface area contributed by atoms with E-state index in [4.69, 9.17) is 4.74 Å². The molecule has 2 rings (SSSR count). The smallest absolute Gasteiger partial charge is 0.220 e. The number of hydrogen-bond donors (Lipinski definition) is 1. The van der Waals surface area contributed by atoms with E-state index in [1.165, 1.54) is 12.1 Å². The molecule has 1 N–H and O–H groups in total. The Balaban J connectivity index is 1.85. The number of carbonyl (C=O) groups excluding carboxylic acids is 1. The molecule has 0 aliphatic heterocycles. The third-order valence-electron chi connectivity index (χ3n) is 3.31. The molecule has 2 aromatic carbocycles. The van der Waals surface area contributed by atoms with Gasteiger partial charge in [0.15, 0.2) is 0 Å². The normalized spacial score (nSPS) is 10.3. The first-order valence-corrected chi connectivity index (χ1v) is 6.92. The molecular weight excluding hydrogens is 288 g/mol. The number of methoxy groups -OCH3 is 1. The third kappa shape index (κ3) is 4.28. The number of rotatable bonds is 6. The maximum Gasteiger partial charge on any atom is 0.220 e. The number of ether oxygens (including phenoxy) is 1. The van der Waals surface area contributed by atoms with Crippen molar-refractivity contribution in [2.75, 3.05) is 7.11 Å². The Morgan fingerprint density at radius 2 is 1.91 bits per heavy atom. The summed E-state index contributed by atoms with van der Waals surface area (Å²) in [7, 11) is 1.58. The quantitative estimate of drug-likeness (QED) is 0.890. The number of aryl methyl sites for hydroxylation is 1. The van der Waals surface area contributed by atoms with Crippen LogP contribution in [-0.4, -0.2) is 13.0 Å². The van der Waals surface area contributed by atoms with Crippen LogP contribution in [0.1, 0.15) is 17.5 Å². The van der Waals surface area contributed by atoms with E-state index in [1.54, 1.807) is 7.11 Å². The van der Waals surface area contributed by atoms with Gasteiger partial charge in [0, 0.05) is 24.6 Å². The molecule has 0 aromatic heterocycles. The number of hydrogen-bond acceptors (Lipinski definition) is 2. The molecule has 0 fully saturated rings. The molecule has 0 saturated heterocycles. The molecule has 0 aliphatic carbocycles. The summed E-state index contributed by atoms with van der Waals surface area (Å²) in [6.07, 6.45) is 0.797. The zero-order valence-corrected chi connectivity index (χ0v) is 12.2. The molecule has 5 heteroatoms. The molecule has 0 spiro atoms. The Labute approximate surface area is 127 Å². The first-order chi connectivity index (χ1) is 10.6. The van der Waals surface area contributed by atoms with Gasteiger partial charge in [-0.15, -0.1) is 0 Å². The molecule has 3 nitrogen and oxygen atoms in total. The highest BCUT2D eigenvalue weighted by molar-refractivity contribution is 5.76. The van der Waals surface area contributed by atoms with Gasteiger partial charge in [0.25, 0.3) is 0 Å². The van der Waals surface area contributed by atoms with Crippen LogP contribution >= 0.6 is 0 Å². The van der Waals surface area contributed by atoms with Gasteiger partial charge in [0.2, 0.25) is 5.91 Å². The summed E-state index contributed by atoms with van der Waals surface area (Å²) in [6.45, 7) is 0.0386. The highest BCUT2D eigenvalue weighted by atomic mass is 19.1. The van der Waals surface area contributed by atoms with Crippen molar-refractivity contribution in [2.45, 2.75) is 19.4 Å². The van der Waals surface area contributed by atoms with E-state index in [-0.39, 0.29) is 24.4 Å². The standard InChI is InChI=1S/C17H17F2NO2/c1-22-16-5-3-2-4-12(16)7-9-17(21)20-11-13-6-8-14(18)10-15(13)19/h2-6,8,10H,7,9,11H2,1H3,(H,20,21). The van der Waals surface area contributed by atoms with E-state index >= 15 is 0 Å². The van der Waals surface area contributed by atoms with Crippen molar-refractivity contribution in [3.8, 4) is 5.75 Å². The lowest BCUT2D eigenvalue weighted by Gasteiger charge is -2.09. The Morgan fingerprint density at radius 1 is 1.14 bits per heavy atom. The van der Waals surface area contributed by atoms with E-state index in [9.17, 15) is 13.6 Å². The molecule has 2 aromatic rings. The second-order valence-corrected chi connectivity index (χ2v) is 4.82. The average molecular weight is 305 g/mol. The summed E-state index contributed by atoms with van der Waals surface area (Å²) in [6, 6.07) is 10.8. The van der Waals surface area contributed by atoms with Gasteiger partial charge in [0.05, 0.1) is 7.11 Å². The zero-order valence-electron chi connectivity index (χ0n) is 12.2. The van der Waals surface area contributed by atoms with Crippen LogP contribution in [0.15, 0.2) is 42.5 Å².